The molecule has 0 amide bonds. The second-order valence-corrected chi connectivity index (χ2v) is 4.68. The third-order valence-electron chi connectivity index (χ3n) is 2.61. The van der Waals surface area contributed by atoms with Crippen LogP contribution in [0.2, 0.25) is 0 Å². The Morgan fingerprint density at radius 2 is 2.20 bits per heavy atom. The van der Waals surface area contributed by atoms with Gasteiger partial charge in [-0.15, -0.1) is 0 Å². The molecule has 0 spiro atoms. The van der Waals surface area contributed by atoms with E-state index in [0.717, 1.165) is 12.2 Å². The van der Waals surface area contributed by atoms with Gasteiger partial charge in [-0.2, -0.15) is 4.98 Å². The first-order valence-corrected chi connectivity index (χ1v) is 6.69. The Balaban J connectivity index is 2.02. The zero-order valence-corrected chi connectivity index (χ0v) is 12.0. The van der Waals surface area contributed by atoms with Crippen molar-refractivity contribution < 1.29 is 9.15 Å². The zero-order chi connectivity index (χ0) is 14.5. The second kappa shape index (κ2) is 6.27. The maximum atomic E-state index is 5.82. The molecule has 108 valence electrons. The van der Waals surface area contributed by atoms with E-state index in [0.29, 0.717) is 29.8 Å². The summed E-state index contributed by atoms with van der Waals surface area (Å²) in [7, 11) is 0. The highest BCUT2D eigenvalue weighted by atomic mass is 16.5. The molecule has 2 rings (SSSR count). The summed E-state index contributed by atoms with van der Waals surface area (Å²) in [6, 6.07) is 3.56. The molecule has 0 bridgehead atoms. The molecule has 2 heterocycles. The molecule has 2 aromatic rings. The molecule has 0 aliphatic heterocycles. The average Bonchev–Trinajstić information content (AvgIpc) is 2.87. The maximum Gasteiger partial charge on any atom is 0.239 e. The molecular formula is C14H20N4O2. The van der Waals surface area contributed by atoms with Crippen LogP contribution >= 0.6 is 0 Å². The van der Waals surface area contributed by atoms with Gasteiger partial charge in [-0.05, 0) is 26.0 Å². The van der Waals surface area contributed by atoms with E-state index in [1.165, 1.54) is 0 Å². The molecule has 3 N–H and O–H groups in total. The number of nitrogens with two attached hydrogens (primary N) is 1. The minimum Gasteiger partial charge on any atom is -0.473 e. The van der Waals surface area contributed by atoms with Crippen molar-refractivity contribution in [1.82, 2.24) is 9.97 Å². The van der Waals surface area contributed by atoms with Gasteiger partial charge < -0.3 is 20.2 Å². The van der Waals surface area contributed by atoms with Crippen molar-refractivity contribution in [1.29, 1.82) is 0 Å². The fourth-order valence-corrected chi connectivity index (χ4v) is 1.63. The van der Waals surface area contributed by atoms with Crippen LogP contribution < -0.4 is 15.8 Å². The lowest BCUT2D eigenvalue weighted by atomic mass is 10.4. The molecule has 0 unspecified atom stereocenters. The van der Waals surface area contributed by atoms with E-state index in [1.54, 1.807) is 18.3 Å². The topological polar surface area (TPSA) is 86.2 Å². The standard InChI is InChI=1S/C14H20N4O2/c1-4-10-7-17-13(20-10)8-16-12-6-5-11(15)14(18-12)19-9(2)3/h5-7,9H,4,8,15H2,1-3H3,(H,16,18). The van der Waals surface area contributed by atoms with E-state index in [-0.39, 0.29) is 6.10 Å². The molecule has 0 fully saturated rings. The molecule has 6 nitrogen and oxygen atoms in total. The zero-order valence-electron chi connectivity index (χ0n) is 12.0. The summed E-state index contributed by atoms with van der Waals surface area (Å²) < 4.78 is 11.1. The Morgan fingerprint density at radius 3 is 2.85 bits per heavy atom. The summed E-state index contributed by atoms with van der Waals surface area (Å²) in [6.07, 6.45) is 2.60. The Bertz CT molecular complexity index is 566. The number of nitrogens with one attached hydrogen (secondary N) is 1. The number of hydrogen-bond donors (Lipinski definition) is 2. The van der Waals surface area contributed by atoms with E-state index in [9.17, 15) is 0 Å². The molecule has 0 saturated carbocycles. The maximum absolute atomic E-state index is 5.82. The SMILES string of the molecule is CCc1cnc(CNc2ccc(N)c(OC(C)C)n2)o1. The molecule has 0 radical (unpaired) electrons. The summed E-state index contributed by atoms with van der Waals surface area (Å²) in [5, 5.41) is 3.14. The van der Waals surface area contributed by atoms with E-state index in [2.05, 4.69) is 15.3 Å². The van der Waals surface area contributed by atoms with Gasteiger partial charge in [-0.1, -0.05) is 6.92 Å². The van der Waals surface area contributed by atoms with E-state index < -0.39 is 0 Å². The first-order chi connectivity index (χ1) is 9.58. The van der Waals surface area contributed by atoms with Crippen molar-refractivity contribution in [2.45, 2.75) is 39.8 Å². The fourth-order valence-electron chi connectivity index (χ4n) is 1.63. The number of aromatic nitrogens is 2. The van der Waals surface area contributed by atoms with Crippen LogP contribution in [0.1, 0.15) is 32.4 Å². The monoisotopic (exact) mass is 276 g/mol. The van der Waals surface area contributed by atoms with Crippen LogP contribution in [-0.4, -0.2) is 16.1 Å². The average molecular weight is 276 g/mol. The second-order valence-electron chi connectivity index (χ2n) is 4.68. The van der Waals surface area contributed by atoms with Crippen molar-refractivity contribution >= 4 is 11.5 Å². The van der Waals surface area contributed by atoms with Crippen LogP contribution in [0.4, 0.5) is 11.5 Å². The van der Waals surface area contributed by atoms with Crippen LogP contribution in [-0.2, 0) is 13.0 Å². The lowest BCUT2D eigenvalue weighted by molar-refractivity contribution is 0.234. The van der Waals surface area contributed by atoms with Gasteiger partial charge in [0.05, 0.1) is 24.5 Å². The number of nitrogen functional groups attached to an aromatic ring is 1. The number of pyridine rings is 1. The van der Waals surface area contributed by atoms with Gasteiger partial charge in [0, 0.05) is 6.42 Å². The summed E-state index contributed by atoms with van der Waals surface area (Å²) in [5.74, 6) is 2.61. The number of aryl methyl sites for hydroxylation is 1. The molecule has 0 aliphatic carbocycles. The van der Waals surface area contributed by atoms with Crippen LogP contribution in [0.25, 0.3) is 0 Å². The molecule has 2 aromatic heterocycles. The van der Waals surface area contributed by atoms with E-state index in [4.69, 9.17) is 14.9 Å². The number of ether oxygens (including phenoxy) is 1. The number of rotatable bonds is 6. The van der Waals surface area contributed by atoms with Gasteiger partial charge in [-0.25, -0.2) is 4.98 Å². The van der Waals surface area contributed by atoms with E-state index in [1.807, 2.05) is 20.8 Å². The van der Waals surface area contributed by atoms with Crippen LogP contribution in [0.5, 0.6) is 5.88 Å². The predicted octanol–water partition coefficient (Wildman–Crippen LogP) is 2.61. The van der Waals surface area contributed by atoms with Crippen LogP contribution in [0.15, 0.2) is 22.7 Å². The Hall–Kier alpha value is -2.24. The van der Waals surface area contributed by atoms with Crippen molar-refractivity contribution in [2.24, 2.45) is 0 Å². The van der Waals surface area contributed by atoms with E-state index >= 15 is 0 Å². The lowest BCUT2D eigenvalue weighted by Crippen LogP contribution is -2.10. The molecule has 0 saturated heterocycles. The van der Waals surface area contributed by atoms with Gasteiger partial charge in [0.15, 0.2) is 0 Å². The number of hydrogen-bond acceptors (Lipinski definition) is 6. The molecule has 0 aliphatic rings. The van der Waals surface area contributed by atoms with Crippen molar-refractivity contribution in [2.75, 3.05) is 11.1 Å². The van der Waals surface area contributed by atoms with Crippen LogP contribution in [0, 0.1) is 0 Å². The largest absolute Gasteiger partial charge is 0.473 e. The summed E-state index contributed by atoms with van der Waals surface area (Å²) >= 11 is 0. The van der Waals surface area contributed by atoms with Gasteiger partial charge >= 0.3 is 0 Å². The normalized spacial score (nSPS) is 10.8. The van der Waals surface area contributed by atoms with Crippen molar-refractivity contribution in [3.63, 3.8) is 0 Å². The Kier molecular flexibility index (Phi) is 4.45. The number of anilines is 2. The van der Waals surface area contributed by atoms with Crippen LogP contribution in [0.3, 0.4) is 0 Å². The first kappa shape index (κ1) is 14.2. The predicted molar refractivity (Wildman–Crippen MR) is 77.6 cm³/mol. The molecular weight excluding hydrogens is 256 g/mol. The fraction of sp³-hybridized carbons (Fsp3) is 0.429. The summed E-state index contributed by atoms with van der Waals surface area (Å²) in [5.41, 5.74) is 6.34. The molecule has 0 atom stereocenters. The van der Waals surface area contributed by atoms with Crippen molar-refractivity contribution in [3.05, 3.63) is 30.0 Å². The number of oxazole rings is 1. The highest BCUT2D eigenvalue weighted by molar-refractivity contribution is 5.53. The molecule has 20 heavy (non-hydrogen) atoms. The van der Waals surface area contributed by atoms with Gasteiger partial charge in [-0.3, -0.25) is 0 Å². The summed E-state index contributed by atoms with van der Waals surface area (Å²) in [6.45, 7) is 6.35. The Morgan fingerprint density at radius 1 is 1.40 bits per heavy atom. The van der Waals surface area contributed by atoms with Gasteiger partial charge in [0.1, 0.15) is 11.6 Å². The van der Waals surface area contributed by atoms with Crippen molar-refractivity contribution in [3.8, 4) is 5.88 Å². The Labute approximate surface area is 118 Å². The lowest BCUT2D eigenvalue weighted by Gasteiger charge is -2.12. The number of nitrogens with zero attached hydrogens (tertiary/aromatic N) is 2. The third kappa shape index (κ3) is 3.63. The quantitative estimate of drug-likeness (QED) is 0.843. The smallest absolute Gasteiger partial charge is 0.239 e. The summed E-state index contributed by atoms with van der Waals surface area (Å²) in [4.78, 5) is 8.50. The highest BCUT2D eigenvalue weighted by Gasteiger charge is 2.07. The highest BCUT2D eigenvalue weighted by Crippen LogP contribution is 2.22. The first-order valence-electron chi connectivity index (χ1n) is 6.69. The molecule has 0 aromatic carbocycles. The van der Waals surface area contributed by atoms with Gasteiger partial charge in [0.25, 0.3) is 0 Å². The molecule has 6 heteroatoms. The van der Waals surface area contributed by atoms with Gasteiger partial charge in [0.2, 0.25) is 11.8 Å². The minimum absolute atomic E-state index is 0.0268. The third-order valence-corrected chi connectivity index (χ3v) is 2.61. The minimum atomic E-state index is 0.0268.